The van der Waals surface area contributed by atoms with Crippen LogP contribution in [-0.4, -0.2) is 18.6 Å². The van der Waals surface area contributed by atoms with Gasteiger partial charge in [0.25, 0.3) is 5.91 Å². The first-order valence-corrected chi connectivity index (χ1v) is 6.97. The van der Waals surface area contributed by atoms with Gasteiger partial charge in [0.1, 0.15) is 11.4 Å². The van der Waals surface area contributed by atoms with Crippen LogP contribution >= 0.6 is 0 Å². The Kier molecular flexibility index (Phi) is 4.75. The number of halogens is 4. The number of amides is 1. The molecule has 1 aromatic carbocycles. The number of hydrogen-bond acceptors (Lipinski definition) is 2. The van der Waals surface area contributed by atoms with Crippen LogP contribution in [0.25, 0.3) is 0 Å². The molecule has 1 amide bonds. The molecule has 1 aromatic rings. The Morgan fingerprint density at radius 1 is 1.32 bits per heavy atom. The minimum Gasteiger partial charge on any atom is -0.368 e. The van der Waals surface area contributed by atoms with E-state index in [-0.39, 0.29) is 18.0 Å². The molecule has 1 fully saturated rings. The largest absolute Gasteiger partial charge is 0.419 e. The van der Waals surface area contributed by atoms with Crippen LogP contribution in [0.3, 0.4) is 0 Å². The molecule has 0 unspecified atom stereocenters. The number of methoxy groups -OCH3 is 1. The normalized spacial score (nSPS) is 17.5. The summed E-state index contributed by atoms with van der Waals surface area (Å²) in [6.45, 7) is -0.0427. The Morgan fingerprint density at radius 2 is 1.95 bits per heavy atom. The van der Waals surface area contributed by atoms with Crippen molar-refractivity contribution < 1.29 is 27.1 Å². The molecule has 0 bridgehead atoms. The molecule has 2 rings (SSSR count). The van der Waals surface area contributed by atoms with Gasteiger partial charge in [-0.2, -0.15) is 13.2 Å². The molecule has 0 aliphatic heterocycles. The predicted molar refractivity (Wildman–Crippen MR) is 71.5 cm³/mol. The summed E-state index contributed by atoms with van der Waals surface area (Å²) in [5.41, 5.74) is -1.92. The molecule has 0 spiro atoms. The molecule has 0 radical (unpaired) electrons. The average Bonchev–Trinajstić information content (AvgIpc) is 2.93. The summed E-state index contributed by atoms with van der Waals surface area (Å²) in [6.07, 6.45) is -1.74. The molecule has 0 aromatic heterocycles. The maximum absolute atomic E-state index is 13.5. The van der Waals surface area contributed by atoms with Crippen LogP contribution in [-0.2, 0) is 22.3 Å². The van der Waals surface area contributed by atoms with Crippen molar-refractivity contribution in [2.24, 2.45) is 0 Å². The number of carbonyl (C=O) groups is 1. The van der Waals surface area contributed by atoms with Crippen molar-refractivity contribution in [2.45, 2.75) is 44.0 Å². The Bertz CT molecular complexity index is 551. The van der Waals surface area contributed by atoms with Gasteiger partial charge in [-0.1, -0.05) is 6.07 Å². The number of ether oxygens (including phenoxy) is 1. The third-order valence-electron chi connectivity index (χ3n) is 4.01. The van der Waals surface area contributed by atoms with E-state index in [4.69, 9.17) is 4.74 Å². The number of carbonyl (C=O) groups excluding carboxylic acids is 1. The highest BCUT2D eigenvalue weighted by Gasteiger charge is 2.41. The second kappa shape index (κ2) is 6.24. The molecular formula is C15H17F4NO2. The van der Waals surface area contributed by atoms with Gasteiger partial charge in [-0.15, -0.1) is 0 Å². The Labute approximate surface area is 125 Å². The third kappa shape index (κ3) is 3.40. The van der Waals surface area contributed by atoms with Crippen molar-refractivity contribution in [3.05, 3.63) is 35.1 Å². The molecule has 1 N–H and O–H groups in total. The predicted octanol–water partition coefficient (Wildman–Crippen LogP) is 3.42. The van der Waals surface area contributed by atoms with E-state index in [1.54, 1.807) is 0 Å². The minimum absolute atomic E-state index is 0.0427. The molecule has 22 heavy (non-hydrogen) atoms. The fourth-order valence-corrected chi connectivity index (χ4v) is 2.71. The quantitative estimate of drug-likeness (QED) is 0.864. The van der Waals surface area contributed by atoms with Gasteiger partial charge in [0.15, 0.2) is 0 Å². The minimum atomic E-state index is -4.73. The molecular weight excluding hydrogens is 302 g/mol. The third-order valence-corrected chi connectivity index (χ3v) is 4.01. The topological polar surface area (TPSA) is 38.3 Å². The molecule has 1 aliphatic rings. The fourth-order valence-electron chi connectivity index (χ4n) is 2.71. The van der Waals surface area contributed by atoms with Gasteiger partial charge in [-0.25, -0.2) is 4.39 Å². The maximum Gasteiger partial charge on any atom is 0.419 e. The lowest BCUT2D eigenvalue weighted by Crippen LogP contribution is -2.46. The van der Waals surface area contributed by atoms with E-state index < -0.39 is 23.2 Å². The molecule has 122 valence electrons. The highest BCUT2D eigenvalue weighted by molar-refractivity contribution is 5.85. The molecule has 7 heteroatoms. The van der Waals surface area contributed by atoms with Gasteiger partial charge >= 0.3 is 6.18 Å². The van der Waals surface area contributed by atoms with E-state index in [0.29, 0.717) is 18.9 Å². The average molecular weight is 319 g/mol. The van der Waals surface area contributed by atoms with Crippen LogP contribution in [0.4, 0.5) is 17.6 Å². The van der Waals surface area contributed by atoms with Crippen LogP contribution in [0.2, 0.25) is 0 Å². The van der Waals surface area contributed by atoms with E-state index in [2.05, 4.69) is 5.32 Å². The van der Waals surface area contributed by atoms with Gasteiger partial charge < -0.3 is 10.1 Å². The molecule has 0 saturated heterocycles. The Morgan fingerprint density at radius 3 is 2.45 bits per heavy atom. The molecule has 0 atom stereocenters. The van der Waals surface area contributed by atoms with Crippen molar-refractivity contribution in [2.75, 3.05) is 7.11 Å². The number of alkyl halides is 3. The van der Waals surface area contributed by atoms with Crippen molar-refractivity contribution in [3.8, 4) is 0 Å². The van der Waals surface area contributed by atoms with Crippen LogP contribution in [0.5, 0.6) is 0 Å². The van der Waals surface area contributed by atoms with E-state index in [9.17, 15) is 22.4 Å². The Balaban J connectivity index is 2.03. The fraction of sp³-hybridized carbons (Fsp3) is 0.533. The lowest BCUT2D eigenvalue weighted by atomic mass is 10.0. The molecule has 1 saturated carbocycles. The SMILES string of the molecule is COC1(C(=O)NCc2ccc(C(F)(F)F)c(F)c2)CCCC1. The summed E-state index contributed by atoms with van der Waals surface area (Å²) in [5.74, 6) is -1.66. The highest BCUT2D eigenvalue weighted by atomic mass is 19.4. The number of benzene rings is 1. The lowest BCUT2D eigenvalue weighted by Gasteiger charge is -2.26. The van der Waals surface area contributed by atoms with Crippen LogP contribution in [0, 0.1) is 5.82 Å². The summed E-state index contributed by atoms with van der Waals surface area (Å²) in [5, 5.41) is 2.61. The second-order valence-corrected chi connectivity index (χ2v) is 5.40. The summed E-state index contributed by atoms with van der Waals surface area (Å²) in [7, 11) is 1.46. The van der Waals surface area contributed by atoms with Crippen LogP contribution < -0.4 is 5.32 Å². The van der Waals surface area contributed by atoms with Gasteiger partial charge in [-0.3, -0.25) is 4.79 Å². The number of hydrogen-bond donors (Lipinski definition) is 1. The first kappa shape index (κ1) is 16.7. The lowest BCUT2D eigenvalue weighted by molar-refractivity contribution is -0.143. The first-order chi connectivity index (χ1) is 10.3. The van der Waals surface area contributed by atoms with Crippen molar-refractivity contribution in [3.63, 3.8) is 0 Å². The zero-order valence-electron chi connectivity index (χ0n) is 12.1. The van der Waals surface area contributed by atoms with Crippen molar-refractivity contribution in [1.29, 1.82) is 0 Å². The van der Waals surface area contributed by atoms with Gasteiger partial charge in [0.05, 0.1) is 5.56 Å². The molecule has 1 aliphatic carbocycles. The van der Waals surface area contributed by atoms with Gasteiger partial charge in [0.2, 0.25) is 0 Å². The summed E-state index contributed by atoms with van der Waals surface area (Å²) < 4.78 is 56.2. The first-order valence-electron chi connectivity index (χ1n) is 6.97. The zero-order chi connectivity index (χ0) is 16.4. The molecule has 0 heterocycles. The van der Waals surface area contributed by atoms with E-state index in [1.807, 2.05) is 0 Å². The second-order valence-electron chi connectivity index (χ2n) is 5.40. The van der Waals surface area contributed by atoms with E-state index in [1.165, 1.54) is 7.11 Å². The summed E-state index contributed by atoms with van der Waals surface area (Å²) in [6, 6.07) is 2.62. The van der Waals surface area contributed by atoms with E-state index in [0.717, 1.165) is 25.0 Å². The summed E-state index contributed by atoms with van der Waals surface area (Å²) >= 11 is 0. The van der Waals surface area contributed by atoms with Crippen LogP contribution in [0.1, 0.15) is 36.8 Å². The monoisotopic (exact) mass is 319 g/mol. The summed E-state index contributed by atoms with van der Waals surface area (Å²) in [4.78, 5) is 12.2. The highest BCUT2D eigenvalue weighted by Crippen LogP contribution is 2.33. The standard InChI is InChI=1S/C15H17F4NO2/c1-22-14(6-2-3-7-14)13(21)20-9-10-4-5-11(12(16)8-10)15(17,18)19/h4-5,8H,2-3,6-7,9H2,1H3,(H,20,21). The van der Waals surface area contributed by atoms with Crippen molar-refractivity contribution in [1.82, 2.24) is 5.32 Å². The molecule has 3 nitrogen and oxygen atoms in total. The number of nitrogens with one attached hydrogen (secondary N) is 1. The van der Waals surface area contributed by atoms with Gasteiger partial charge in [0, 0.05) is 13.7 Å². The van der Waals surface area contributed by atoms with Crippen LogP contribution in [0.15, 0.2) is 18.2 Å². The smallest absolute Gasteiger partial charge is 0.368 e. The van der Waals surface area contributed by atoms with Gasteiger partial charge in [-0.05, 0) is 43.4 Å². The Hall–Kier alpha value is -1.63. The van der Waals surface area contributed by atoms with Crippen molar-refractivity contribution >= 4 is 5.91 Å². The van der Waals surface area contributed by atoms with E-state index >= 15 is 0 Å². The maximum atomic E-state index is 13.5. The zero-order valence-corrected chi connectivity index (χ0v) is 12.1. The number of rotatable bonds is 4.